The molecule has 2 aliphatic rings. The molecule has 0 spiro atoms. The van der Waals surface area contributed by atoms with E-state index in [9.17, 15) is 19.5 Å². The Morgan fingerprint density at radius 3 is 2.32 bits per heavy atom. The summed E-state index contributed by atoms with van der Waals surface area (Å²) in [6.45, 7) is 0.781. The molecule has 0 aromatic carbocycles. The second-order valence-corrected chi connectivity index (χ2v) is 5.23. The largest absolute Gasteiger partial charge is 0.480 e. The number of amides is 4. The summed E-state index contributed by atoms with van der Waals surface area (Å²) in [6, 6.07) is -0.979. The summed E-state index contributed by atoms with van der Waals surface area (Å²) in [6.07, 6.45) is 3.38. The molecule has 1 heterocycles. The van der Waals surface area contributed by atoms with Crippen molar-refractivity contribution in [2.45, 2.75) is 37.6 Å². The van der Waals surface area contributed by atoms with Gasteiger partial charge in [-0.05, 0) is 12.8 Å². The first-order chi connectivity index (χ1) is 8.96. The number of hydrogen-bond acceptors (Lipinski definition) is 3. The highest BCUT2D eigenvalue weighted by molar-refractivity contribution is 5.97. The van der Waals surface area contributed by atoms with E-state index >= 15 is 0 Å². The van der Waals surface area contributed by atoms with Gasteiger partial charge in [-0.25, -0.2) is 19.3 Å². The SMILES string of the molecule is CN1CCN(C(=O)NC2(C(=O)O)CCCCC2)C1=O. The number of nitrogens with one attached hydrogen (secondary N) is 1. The van der Waals surface area contributed by atoms with Crippen molar-refractivity contribution in [2.24, 2.45) is 0 Å². The number of carboxylic acids is 1. The van der Waals surface area contributed by atoms with Crippen molar-refractivity contribution in [1.82, 2.24) is 15.1 Å². The first kappa shape index (κ1) is 13.6. The van der Waals surface area contributed by atoms with Crippen molar-refractivity contribution in [2.75, 3.05) is 20.1 Å². The molecule has 0 radical (unpaired) electrons. The van der Waals surface area contributed by atoms with Crippen LogP contribution in [0.1, 0.15) is 32.1 Å². The summed E-state index contributed by atoms with van der Waals surface area (Å²) in [5.41, 5.74) is -1.21. The maximum atomic E-state index is 12.1. The van der Waals surface area contributed by atoms with Crippen LogP contribution >= 0.6 is 0 Å². The molecule has 106 valence electrons. The van der Waals surface area contributed by atoms with Gasteiger partial charge in [0.05, 0.1) is 0 Å². The van der Waals surface area contributed by atoms with E-state index in [1.165, 1.54) is 4.90 Å². The van der Waals surface area contributed by atoms with E-state index in [2.05, 4.69) is 5.32 Å². The van der Waals surface area contributed by atoms with Crippen LogP contribution in [0.25, 0.3) is 0 Å². The summed E-state index contributed by atoms with van der Waals surface area (Å²) in [7, 11) is 1.61. The van der Waals surface area contributed by atoms with Crippen LogP contribution in [-0.4, -0.2) is 58.6 Å². The normalized spacial score (nSPS) is 22.5. The van der Waals surface area contributed by atoms with Gasteiger partial charge in [-0.1, -0.05) is 19.3 Å². The first-order valence-corrected chi connectivity index (χ1v) is 6.54. The van der Waals surface area contributed by atoms with Gasteiger partial charge in [-0.3, -0.25) is 0 Å². The minimum absolute atomic E-state index is 0.302. The van der Waals surface area contributed by atoms with Crippen molar-refractivity contribution in [3.8, 4) is 0 Å². The van der Waals surface area contributed by atoms with E-state index < -0.39 is 17.5 Å². The minimum atomic E-state index is -1.21. The molecule has 19 heavy (non-hydrogen) atoms. The predicted octanol–water partition coefficient (Wildman–Crippen LogP) is 0.851. The maximum absolute atomic E-state index is 12.1. The lowest BCUT2D eigenvalue weighted by Crippen LogP contribution is -2.59. The van der Waals surface area contributed by atoms with E-state index in [0.717, 1.165) is 24.2 Å². The summed E-state index contributed by atoms with van der Waals surface area (Å²) in [4.78, 5) is 37.7. The van der Waals surface area contributed by atoms with Crippen molar-refractivity contribution < 1.29 is 19.5 Å². The molecular weight excluding hydrogens is 250 g/mol. The Morgan fingerprint density at radius 1 is 1.21 bits per heavy atom. The molecule has 0 atom stereocenters. The van der Waals surface area contributed by atoms with Gasteiger partial charge in [0.2, 0.25) is 0 Å². The van der Waals surface area contributed by atoms with Gasteiger partial charge in [-0.15, -0.1) is 0 Å². The monoisotopic (exact) mass is 269 g/mol. The van der Waals surface area contributed by atoms with Crippen LogP contribution in [0.2, 0.25) is 0 Å². The highest BCUT2D eigenvalue weighted by Crippen LogP contribution is 2.29. The summed E-state index contributed by atoms with van der Waals surface area (Å²) < 4.78 is 0. The number of imide groups is 1. The Kier molecular flexibility index (Phi) is 3.64. The third-order valence-electron chi connectivity index (χ3n) is 3.92. The average Bonchev–Trinajstić information content (AvgIpc) is 2.71. The molecule has 0 bridgehead atoms. The molecule has 2 N–H and O–H groups in total. The highest BCUT2D eigenvalue weighted by Gasteiger charge is 2.43. The van der Waals surface area contributed by atoms with Crippen LogP contribution in [-0.2, 0) is 4.79 Å². The van der Waals surface area contributed by atoms with E-state index in [1.807, 2.05) is 0 Å². The molecule has 1 aliphatic heterocycles. The summed E-state index contributed by atoms with van der Waals surface area (Å²) >= 11 is 0. The predicted molar refractivity (Wildman–Crippen MR) is 66.7 cm³/mol. The highest BCUT2D eigenvalue weighted by atomic mass is 16.4. The molecular formula is C12H19N3O4. The molecule has 2 fully saturated rings. The van der Waals surface area contributed by atoms with Crippen LogP contribution in [0, 0.1) is 0 Å². The van der Waals surface area contributed by atoms with Crippen LogP contribution < -0.4 is 5.32 Å². The Balaban J connectivity index is 2.07. The lowest BCUT2D eigenvalue weighted by Gasteiger charge is -2.34. The van der Waals surface area contributed by atoms with Crippen LogP contribution in [0.15, 0.2) is 0 Å². The fourth-order valence-electron chi connectivity index (χ4n) is 2.66. The van der Waals surface area contributed by atoms with Gasteiger partial charge in [-0.2, -0.15) is 0 Å². The van der Waals surface area contributed by atoms with Crippen molar-refractivity contribution in [3.63, 3.8) is 0 Å². The zero-order valence-corrected chi connectivity index (χ0v) is 11.0. The second kappa shape index (κ2) is 5.07. The Bertz CT molecular complexity index is 404. The molecule has 4 amide bonds. The average molecular weight is 269 g/mol. The number of carbonyl (C=O) groups is 3. The Hall–Kier alpha value is -1.79. The van der Waals surface area contributed by atoms with E-state index in [0.29, 0.717) is 25.9 Å². The van der Waals surface area contributed by atoms with Crippen LogP contribution in [0.3, 0.4) is 0 Å². The molecule has 0 aromatic rings. The van der Waals surface area contributed by atoms with Gasteiger partial charge in [0, 0.05) is 20.1 Å². The lowest BCUT2D eigenvalue weighted by molar-refractivity contribution is -0.145. The van der Waals surface area contributed by atoms with Gasteiger partial charge in [0.25, 0.3) is 0 Å². The number of urea groups is 2. The Labute approximate surface area is 111 Å². The van der Waals surface area contributed by atoms with Gasteiger partial charge in [0.15, 0.2) is 0 Å². The van der Waals surface area contributed by atoms with E-state index in [4.69, 9.17) is 0 Å². The standard InChI is InChI=1S/C12H19N3O4/c1-14-7-8-15(11(14)19)10(18)13-12(9(16)17)5-3-2-4-6-12/h2-8H2,1H3,(H,13,18)(H,16,17). The number of aliphatic carboxylic acids is 1. The molecule has 1 aliphatic carbocycles. The van der Waals surface area contributed by atoms with Crippen LogP contribution in [0.5, 0.6) is 0 Å². The molecule has 1 saturated carbocycles. The molecule has 0 unspecified atom stereocenters. The smallest absolute Gasteiger partial charge is 0.329 e. The Morgan fingerprint density at radius 2 is 1.84 bits per heavy atom. The summed E-state index contributed by atoms with van der Waals surface area (Å²) in [5.74, 6) is -1.01. The fourth-order valence-corrected chi connectivity index (χ4v) is 2.66. The molecule has 7 nitrogen and oxygen atoms in total. The maximum Gasteiger partial charge on any atom is 0.329 e. The minimum Gasteiger partial charge on any atom is -0.480 e. The fraction of sp³-hybridized carbons (Fsp3) is 0.750. The van der Waals surface area contributed by atoms with Gasteiger partial charge in [0.1, 0.15) is 5.54 Å². The van der Waals surface area contributed by atoms with Crippen molar-refractivity contribution in [3.05, 3.63) is 0 Å². The number of carbonyl (C=O) groups excluding carboxylic acids is 2. The van der Waals surface area contributed by atoms with E-state index in [-0.39, 0.29) is 6.03 Å². The van der Waals surface area contributed by atoms with Crippen LogP contribution in [0.4, 0.5) is 9.59 Å². The molecule has 2 rings (SSSR count). The molecule has 7 heteroatoms. The molecule has 1 saturated heterocycles. The van der Waals surface area contributed by atoms with Crippen molar-refractivity contribution >= 4 is 18.0 Å². The van der Waals surface area contributed by atoms with Crippen molar-refractivity contribution in [1.29, 1.82) is 0 Å². The van der Waals surface area contributed by atoms with E-state index in [1.54, 1.807) is 7.05 Å². The third-order valence-corrected chi connectivity index (χ3v) is 3.92. The number of hydrogen-bond donors (Lipinski definition) is 2. The zero-order chi connectivity index (χ0) is 14.0. The third kappa shape index (κ3) is 2.50. The second-order valence-electron chi connectivity index (χ2n) is 5.23. The quantitative estimate of drug-likeness (QED) is 0.777. The number of rotatable bonds is 2. The number of nitrogens with zero attached hydrogens (tertiary/aromatic N) is 2. The topological polar surface area (TPSA) is 89.9 Å². The number of carboxylic acid groups (broad SMARTS) is 1. The summed E-state index contributed by atoms with van der Waals surface area (Å²) in [5, 5.41) is 11.9. The first-order valence-electron chi connectivity index (χ1n) is 6.54. The molecule has 0 aromatic heterocycles. The van der Waals surface area contributed by atoms with Gasteiger partial charge >= 0.3 is 18.0 Å². The van der Waals surface area contributed by atoms with Gasteiger partial charge < -0.3 is 15.3 Å². The zero-order valence-electron chi connectivity index (χ0n) is 11.0. The number of likely N-dealkylation sites (N-methyl/N-ethyl adjacent to an activating group) is 1. The lowest BCUT2D eigenvalue weighted by atomic mass is 9.82.